The van der Waals surface area contributed by atoms with Crippen molar-refractivity contribution in [2.24, 2.45) is 0 Å². The Morgan fingerprint density at radius 1 is 1.14 bits per heavy atom. The quantitative estimate of drug-likeness (QED) is 0.408. The minimum absolute atomic E-state index is 0.150. The van der Waals surface area contributed by atoms with E-state index in [0.29, 0.717) is 0 Å². The molecule has 0 atom stereocenters. The molecule has 0 aromatic rings. The lowest BCUT2D eigenvalue weighted by Crippen LogP contribution is -2.58. The fourth-order valence-corrected chi connectivity index (χ4v) is 6.93. The van der Waals surface area contributed by atoms with Gasteiger partial charge in [-0.05, 0) is 57.9 Å². The van der Waals surface area contributed by atoms with E-state index in [9.17, 15) is 0 Å². The van der Waals surface area contributed by atoms with Crippen LogP contribution in [0.4, 0.5) is 0 Å². The first-order valence-electron chi connectivity index (χ1n) is 8.32. The van der Waals surface area contributed by atoms with E-state index in [1.165, 1.54) is 24.2 Å². The maximum Gasteiger partial charge on any atom is 0.127 e. The molecule has 2 rings (SSSR count). The van der Waals surface area contributed by atoms with E-state index >= 15 is 0 Å². The molecule has 0 aromatic heterocycles. The lowest BCUT2D eigenvalue weighted by atomic mass is 9.84. The second-order valence-electron chi connectivity index (χ2n) is 7.81. The van der Waals surface area contributed by atoms with E-state index in [1.807, 2.05) is 6.08 Å². The van der Waals surface area contributed by atoms with Gasteiger partial charge in [-0.1, -0.05) is 43.5 Å². The van der Waals surface area contributed by atoms with Gasteiger partial charge in [0, 0.05) is 17.4 Å². The molecular formula is C20H30NSi. The van der Waals surface area contributed by atoms with Crippen LogP contribution < -0.4 is 4.98 Å². The Morgan fingerprint density at radius 2 is 1.77 bits per heavy atom. The molecule has 2 aliphatic carbocycles. The number of nitrogens with one attached hydrogen (secondary N) is 1. The molecule has 0 unspecified atom stereocenters. The van der Waals surface area contributed by atoms with Gasteiger partial charge in [0.2, 0.25) is 0 Å². The fraction of sp³-hybridized carbons (Fsp3) is 0.450. The van der Waals surface area contributed by atoms with Gasteiger partial charge in [-0.2, -0.15) is 0 Å². The Balaban J connectivity index is 2.13. The Bertz CT molecular complexity index is 441. The molecule has 1 N–H and O–H groups in total. The Hall–Kier alpha value is -0.603. The topological polar surface area (TPSA) is 12.0 Å². The molecule has 2 aliphatic rings. The van der Waals surface area contributed by atoms with E-state index in [4.69, 9.17) is 0 Å². The number of hydrogen-bond acceptors (Lipinski definition) is 1. The minimum Gasteiger partial charge on any atom is -0.332 e. The van der Waals surface area contributed by atoms with Crippen LogP contribution in [0.15, 0.2) is 37.0 Å². The lowest BCUT2D eigenvalue weighted by molar-refractivity contribution is 0.512. The lowest BCUT2D eigenvalue weighted by Gasteiger charge is -2.39. The molecular weight excluding hydrogens is 282 g/mol. The summed E-state index contributed by atoms with van der Waals surface area (Å²) in [7, 11) is -1.68. The monoisotopic (exact) mass is 312 g/mol. The van der Waals surface area contributed by atoms with Gasteiger partial charge < -0.3 is 4.98 Å². The number of unbranched alkanes of at least 4 members (excludes halogenated alkanes) is 1. The highest BCUT2D eigenvalue weighted by Crippen LogP contribution is 2.54. The van der Waals surface area contributed by atoms with Crippen molar-refractivity contribution >= 4 is 8.24 Å². The van der Waals surface area contributed by atoms with Crippen LogP contribution in [0.3, 0.4) is 0 Å². The van der Waals surface area contributed by atoms with Crippen molar-refractivity contribution in [2.75, 3.05) is 0 Å². The van der Waals surface area contributed by atoms with Gasteiger partial charge in [0.15, 0.2) is 0 Å². The Morgan fingerprint density at radius 3 is 2.36 bits per heavy atom. The van der Waals surface area contributed by atoms with Gasteiger partial charge in [-0.3, -0.25) is 0 Å². The molecule has 1 saturated carbocycles. The van der Waals surface area contributed by atoms with Gasteiger partial charge >= 0.3 is 0 Å². The van der Waals surface area contributed by atoms with Crippen LogP contribution in [0.5, 0.6) is 0 Å². The van der Waals surface area contributed by atoms with Crippen LogP contribution in [-0.4, -0.2) is 13.8 Å². The zero-order chi connectivity index (χ0) is 16.4. The van der Waals surface area contributed by atoms with E-state index in [0.717, 1.165) is 12.8 Å². The van der Waals surface area contributed by atoms with Crippen LogP contribution in [-0.2, 0) is 0 Å². The maximum absolute atomic E-state index is 3.91. The Kier molecular flexibility index (Phi) is 5.55. The molecule has 119 valence electrons. The van der Waals surface area contributed by atoms with Gasteiger partial charge in [-0.25, -0.2) is 0 Å². The zero-order valence-electron chi connectivity index (χ0n) is 14.8. The van der Waals surface area contributed by atoms with Crippen molar-refractivity contribution in [3.8, 4) is 0 Å². The average Bonchev–Trinajstić information content (AvgIpc) is 2.77. The summed E-state index contributed by atoms with van der Waals surface area (Å²) in [4.78, 5) is 3.91. The number of hydrogen-bond donors (Lipinski definition) is 1. The first-order chi connectivity index (χ1) is 10.2. The van der Waals surface area contributed by atoms with Gasteiger partial charge in [0.25, 0.3) is 0 Å². The smallest absolute Gasteiger partial charge is 0.127 e. The van der Waals surface area contributed by atoms with Gasteiger partial charge in [-0.15, -0.1) is 6.58 Å². The molecule has 0 saturated heterocycles. The van der Waals surface area contributed by atoms with Crippen molar-refractivity contribution in [3.05, 3.63) is 66.7 Å². The van der Waals surface area contributed by atoms with Crippen molar-refractivity contribution in [1.29, 1.82) is 0 Å². The predicted molar refractivity (Wildman–Crippen MR) is 100.0 cm³/mol. The van der Waals surface area contributed by atoms with Crippen LogP contribution in [0.1, 0.15) is 40.0 Å². The van der Waals surface area contributed by atoms with Gasteiger partial charge in [0.1, 0.15) is 8.24 Å². The van der Waals surface area contributed by atoms with E-state index < -0.39 is 8.24 Å². The second-order valence-corrected chi connectivity index (χ2v) is 11.8. The van der Waals surface area contributed by atoms with Crippen molar-refractivity contribution in [1.82, 2.24) is 4.98 Å². The summed E-state index contributed by atoms with van der Waals surface area (Å²) in [6, 6.07) is 0. The maximum atomic E-state index is 3.91. The third kappa shape index (κ3) is 4.23. The average molecular weight is 313 g/mol. The summed E-state index contributed by atoms with van der Waals surface area (Å²) >= 11 is 0. The Labute approximate surface area is 139 Å². The molecule has 0 heterocycles. The molecule has 0 spiro atoms. The molecule has 2 heteroatoms. The molecule has 0 aromatic carbocycles. The summed E-state index contributed by atoms with van der Waals surface area (Å²) in [5.41, 5.74) is 1.70. The summed E-state index contributed by atoms with van der Waals surface area (Å²) in [6.07, 6.45) is 16.8. The van der Waals surface area contributed by atoms with E-state index in [-0.39, 0.29) is 5.54 Å². The highest BCUT2D eigenvalue weighted by Gasteiger charge is 2.50. The SMILES string of the molecule is C=CCCC[C]1[CH][C]([Si](C)(C)NC(C)(C)C)[C]2C=CC=C[C]12. The second kappa shape index (κ2) is 6.88. The molecule has 22 heavy (non-hydrogen) atoms. The number of fused-ring (bicyclic) bond motifs is 1. The molecule has 1 fully saturated rings. The third-order valence-corrected chi connectivity index (χ3v) is 7.23. The fourth-order valence-electron chi connectivity index (χ4n) is 3.49. The number of allylic oxidation sites excluding steroid dienone is 5. The predicted octanol–water partition coefficient (Wildman–Crippen LogP) is 5.12. The van der Waals surface area contributed by atoms with Crippen molar-refractivity contribution in [2.45, 2.75) is 58.7 Å². The van der Waals surface area contributed by atoms with Crippen LogP contribution >= 0.6 is 0 Å². The molecule has 1 nitrogen and oxygen atoms in total. The minimum atomic E-state index is -1.68. The first-order valence-corrected chi connectivity index (χ1v) is 11.3. The van der Waals surface area contributed by atoms with Crippen LogP contribution in [0.25, 0.3) is 0 Å². The largest absolute Gasteiger partial charge is 0.332 e. The summed E-state index contributed by atoms with van der Waals surface area (Å²) < 4.78 is 0. The van der Waals surface area contributed by atoms with Crippen molar-refractivity contribution < 1.29 is 0 Å². The summed E-state index contributed by atoms with van der Waals surface area (Å²) in [6.45, 7) is 15.5. The van der Waals surface area contributed by atoms with Gasteiger partial charge in [0.05, 0.1) is 0 Å². The highest BCUT2D eigenvalue weighted by atomic mass is 28.3. The van der Waals surface area contributed by atoms with E-state index in [1.54, 1.807) is 5.54 Å². The van der Waals surface area contributed by atoms with Crippen LogP contribution in [0, 0.1) is 29.7 Å². The van der Waals surface area contributed by atoms with E-state index in [2.05, 4.69) is 76.2 Å². The number of rotatable bonds is 6. The summed E-state index contributed by atoms with van der Waals surface area (Å²) in [5.74, 6) is 4.39. The summed E-state index contributed by atoms with van der Waals surface area (Å²) in [5, 5.41) is 0. The molecule has 5 radical (unpaired) electrons. The van der Waals surface area contributed by atoms with Crippen molar-refractivity contribution in [3.63, 3.8) is 0 Å². The normalized spacial score (nSPS) is 21.5. The van der Waals surface area contributed by atoms with Crippen LogP contribution in [0.2, 0.25) is 13.1 Å². The highest BCUT2D eigenvalue weighted by molar-refractivity contribution is 6.82. The molecule has 0 bridgehead atoms. The standard InChI is InChI=1S/C20H30NSi/c1-7-8-9-12-16-15-19(18-14-11-10-13-17(16)18)22(5,6)21-20(2,3)4/h7,10-11,13-15,21H,1,8-9,12H2,2-6H3. The third-order valence-electron chi connectivity index (χ3n) is 4.10. The first kappa shape index (κ1) is 17.7. The molecule has 0 aliphatic heterocycles. The molecule has 0 amide bonds. The zero-order valence-corrected chi connectivity index (χ0v) is 15.8.